The molecule has 3 nitrogen and oxygen atoms in total. The van der Waals surface area contributed by atoms with Gasteiger partial charge < -0.3 is 10.1 Å². The highest BCUT2D eigenvalue weighted by atomic mass is 15.0. The van der Waals surface area contributed by atoms with E-state index in [1.807, 2.05) is 35.0 Å². The lowest BCUT2D eigenvalue weighted by Gasteiger charge is -2.00. The second-order valence-electron chi connectivity index (χ2n) is 4.33. The average molecular weight is 237 g/mol. The number of imidazole rings is 1. The third-order valence-electron chi connectivity index (χ3n) is 3.05. The number of benzene rings is 1. The highest BCUT2D eigenvalue weighted by Crippen LogP contribution is 2.19. The summed E-state index contributed by atoms with van der Waals surface area (Å²) in [6, 6.07) is 14.4. The lowest BCUT2D eigenvalue weighted by atomic mass is 10.1. The fourth-order valence-corrected chi connectivity index (χ4v) is 2.08. The number of hydrogen-bond acceptors (Lipinski definition) is 2. The van der Waals surface area contributed by atoms with Crippen molar-refractivity contribution in [3.8, 4) is 11.3 Å². The van der Waals surface area contributed by atoms with Crippen LogP contribution < -0.4 is 5.73 Å². The van der Waals surface area contributed by atoms with Gasteiger partial charge in [0.15, 0.2) is 0 Å². The Hall–Kier alpha value is -2.13. The maximum absolute atomic E-state index is 5.55. The quantitative estimate of drug-likeness (QED) is 0.760. The number of pyridine rings is 1. The Balaban J connectivity index is 1.98. The standard InChI is InChI=1S/C15H15N3/c16-9-8-12-4-6-13(7-5-12)14-11-18-10-2-1-3-15(18)17-14/h1-7,10-11H,8-9,16H2. The molecule has 0 radical (unpaired) electrons. The summed E-state index contributed by atoms with van der Waals surface area (Å²) in [6.45, 7) is 0.688. The van der Waals surface area contributed by atoms with Crippen molar-refractivity contribution in [2.45, 2.75) is 6.42 Å². The van der Waals surface area contributed by atoms with Gasteiger partial charge in [0.05, 0.1) is 5.69 Å². The predicted octanol–water partition coefficient (Wildman–Crippen LogP) is 2.50. The Morgan fingerprint density at radius 3 is 2.61 bits per heavy atom. The molecular weight excluding hydrogens is 222 g/mol. The molecule has 0 aliphatic carbocycles. The molecule has 2 N–H and O–H groups in total. The average Bonchev–Trinajstić information content (AvgIpc) is 2.84. The van der Waals surface area contributed by atoms with Crippen LogP contribution in [0.5, 0.6) is 0 Å². The maximum atomic E-state index is 5.55. The van der Waals surface area contributed by atoms with Gasteiger partial charge in [0.1, 0.15) is 5.65 Å². The summed E-state index contributed by atoms with van der Waals surface area (Å²) in [5, 5.41) is 0. The predicted molar refractivity (Wildman–Crippen MR) is 73.4 cm³/mol. The molecule has 90 valence electrons. The zero-order valence-corrected chi connectivity index (χ0v) is 10.1. The number of nitrogens with two attached hydrogens (primary N) is 1. The molecule has 0 atom stereocenters. The molecule has 0 amide bonds. The number of aromatic nitrogens is 2. The molecule has 0 aliphatic heterocycles. The lowest BCUT2D eigenvalue weighted by molar-refractivity contribution is 0.969. The van der Waals surface area contributed by atoms with Gasteiger partial charge in [-0.05, 0) is 30.7 Å². The summed E-state index contributed by atoms with van der Waals surface area (Å²) in [5.41, 5.74) is 9.92. The normalized spacial score (nSPS) is 10.9. The van der Waals surface area contributed by atoms with Crippen LogP contribution in [0.25, 0.3) is 16.9 Å². The Morgan fingerprint density at radius 2 is 1.89 bits per heavy atom. The summed E-state index contributed by atoms with van der Waals surface area (Å²) in [6.07, 6.45) is 4.98. The molecule has 0 spiro atoms. The minimum Gasteiger partial charge on any atom is -0.330 e. The van der Waals surface area contributed by atoms with Crippen LogP contribution in [0.4, 0.5) is 0 Å². The van der Waals surface area contributed by atoms with E-state index in [1.54, 1.807) is 0 Å². The molecule has 3 rings (SSSR count). The molecular formula is C15H15N3. The van der Waals surface area contributed by atoms with Gasteiger partial charge in [-0.2, -0.15) is 0 Å². The van der Waals surface area contributed by atoms with Gasteiger partial charge in [-0.3, -0.25) is 0 Å². The van der Waals surface area contributed by atoms with Crippen LogP contribution in [-0.4, -0.2) is 15.9 Å². The third-order valence-corrected chi connectivity index (χ3v) is 3.05. The van der Waals surface area contributed by atoms with E-state index in [2.05, 4.69) is 29.2 Å². The van der Waals surface area contributed by atoms with Crippen molar-refractivity contribution in [3.05, 3.63) is 60.4 Å². The second-order valence-corrected chi connectivity index (χ2v) is 4.33. The van der Waals surface area contributed by atoms with Crippen molar-refractivity contribution in [3.63, 3.8) is 0 Å². The van der Waals surface area contributed by atoms with Crippen LogP contribution >= 0.6 is 0 Å². The SMILES string of the molecule is NCCc1ccc(-c2cn3ccccc3n2)cc1. The van der Waals surface area contributed by atoms with Gasteiger partial charge >= 0.3 is 0 Å². The molecule has 0 aliphatic rings. The Kier molecular flexibility index (Phi) is 2.82. The van der Waals surface area contributed by atoms with Gasteiger partial charge in [-0.25, -0.2) is 4.98 Å². The number of fused-ring (bicyclic) bond motifs is 1. The maximum Gasteiger partial charge on any atom is 0.137 e. The van der Waals surface area contributed by atoms with Crippen LogP contribution in [0.1, 0.15) is 5.56 Å². The van der Waals surface area contributed by atoms with Crippen molar-refractivity contribution in [1.82, 2.24) is 9.38 Å². The first-order chi connectivity index (χ1) is 8.86. The van der Waals surface area contributed by atoms with Gasteiger partial charge in [0.25, 0.3) is 0 Å². The van der Waals surface area contributed by atoms with E-state index in [9.17, 15) is 0 Å². The van der Waals surface area contributed by atoms with Crippen molar-refractivity contribution < 1.29 is 0 Å². The molecule has 2 heterocycles. The van der Waals surface area contributed by atoms with Gasteiger partial charge in [-0.1, -0.05) is 30.3 Å². The van der Waals surface area contributed by atoms with E-state index in [0.29, 0.717) is 6.54 Å². The third kappa shape index (κ3) is 2.00. The fraction of sp³-hybridized carbons (Fsp3) is 0.133. The zero-order chi connectivity index (χ0) is 12.4. The van der Waals surface area contributed by atoms with E-state index in [0.717, 1.165) is 23.3 Å². The highest BCUT2D eigenvalue weighted by Gasteiger charge is 2.03. The number of nitrogens with zero attached hydrogens (tertiary/aromatic N) is 2. The zero-order valence-electron chi connectivity index (χ0n) is 10.1. The van der Waals surface area contributed by atoms with Crippen LogP contribution in [0.3, 0.4) is 0 Å². The van der Waals surface area contributed by atoms with E-state index in [-0.39, 0.29) is 0 Å². The second kappa shape index (κ2) is 4.63. The summed E-state index contributed by atoms with van der Waals surface area (Å²) >= 11 is 0. The lowest BCUT2D eigenvalue weighted by Crippen LogP contribution is -2.02. The summed E-state index contributed by atoms with van der Waals surface area (Å²) in [4.78, 5) is 4.60. The minimum absolute atomic E-state index is 0.688. The summed E-state index contributed by atoms with van der Waals surface area (Å²) in [5.74, 6) is 0. The Morgan fingerprint density at radius 1 is 1.06 bits per heavy atom. The van der Waals surface area contributed by atoms with Crippen molar-refractivity contribution in [2.75, 3.05) is 6.54 Å². The van der Waals surface area contributed by atoms with Gasteiger partial charge in [-0.15, -0.1) is 0 Å². The van der Waals surface area contributed by atoms with E-state index >= 15 is 0 Å². The number of rotatable bonds is 3. The molecule has 2 aromatic heterocycles. The monoisotopic (exact) mass is 237 g/mol. The van der Waals surface area contributed by atoms with Crippen molar-refractivity contribution in [1.29, 1.82) is 0 Å². The first kappa shape index (κ1) is 11.0. The van der Waals surface area contributed by atoms with Gasteiger partial charge in [0.2, 0.25) is 0 Å². The summed E-state index contributed by atoms with van der Waals surface area (Å²) in [7, 11) is 0. The molecule has 0 saturated carbocycles. The molecule has 0 fully saturated rings. The van der Waals surface area contributed by atoms with E-state index in [1.165, 1.54) is 5.56 Å². The van der Waals surface area contributed by atoms with Crippen LogP contribution in [0, 0.1) is 0 Å². The molecule has 1 aromatic carbocycles. The fourth-order valence-electron chi connectivity index (χ4n) is 2.08. The first-order valence-electron chi connectivity index (χ1n) is 6.10. The highest BCUT2D eigenvalue weighted by molar-refractivity contribution is 5.62. The number of hydrogen-bond donors (Lipinski definition) is 1. The topological polar surface area (TPSA) is 43.3 Å². The Bertz CT molecular complexity index is 620. The molecule has 3 heteroatoms. The van der Waals surface area contributed by atoms with Crippen LogP contribution in [0.15, 0.2) is 54.9 Å². The molecule has 0 bridgehead atoms. The van der Waals surface area contributed by atoms with E-state index < -0.39 is 0 Å². The van der Waals surface area contributed by atoms with Crippen molar-refractivity contribution in [2.24, 2.45) is 5.73 Å². The first-order valence-corrected chi connectivity index (χ1v) is 6.10. The minimum atomic E-state index is 0.688. The Labute approximate surface area is 106 Å². The molecule has 18 heavy (non-hydrogen) atoms. The van der Waals surface area contributed by atoms with Crippen molar-refractivity contribution >= 4 is 5.65 Å². The van der Waals surface area contributed by atoms with E-state index in [4.69, 9.17) is 5.73 Å². The smallest absolute Gasteiger partial charge is 0.137 e. The largest absolute Gasteiger partial charge is 0.330 e. The molecule has 3 aromatic rings. The van der Waals surface area contributed by atoms with Crippen LogP contribution in [0.2, 0.25) is 0 Å². The van der Waals surface area contributed by atoms with Gasteiger partial charge in [0, 0.05) is 18.0 Å². The van der Waals surface area contributed by atoms with Crippen LogP contribution in [-0.2, 0) is 6.42 Å². The molecule has 0 unspecified atom stereocenters. The molecule has 0 saturated heterocycles. The summed E-state index contributed by atoms with van der Waals surface area (Å²) < 4.78 is 2.03.